The van der Waals surface area contributed by atoms with E-state index in [2.05, 4.69) is 6.42 Å². The molecule has 0 fully saturated rings. The summed E-state index contributed by atoms with van der Waals surface area (Å²) in [6.45, 7) is 4.03. The highest BCUT2D eigenvalue weighted by molar-refractivity contribution is 4.94. The lowest BCUT2D eigenvalue weighted by Crippen LogP contribution is -2.08. The fraction of sp³-hybridized carbons (Fsp3) is 0.700. The first-order valence-corrected chi connectivity index (χ1v) is 4.26. The van der Waals surface area contributed by atoms with Gasteiger partial charge >= 0.3 is 0 Å². The smallest absolute Gasteiger partial charge is 0.0755 e. The van der Waals surface area contributed by atoms with Gasteiger partial charge in [0, 0.05) is 14.2 Å². The van der Waals surface area contributed by atoms with Crippen LogP contribution in [0.3, 0.4) is 0 Å². The van der Waals surface area contributed by atoms with E-state index in [1.165, 1.54) is 0 Å². The van der Waals surface area contributed by atoms with Crippen LogP contribution in [0.5, 0.6) is 0 Å². The molecule has 0 aromatic rings. The lowest BCUT2D eigenvalue weighted by Gasteiger charge is -2.09. The second-order valence-electron chi connectivity index (χ2n) is 2.74. The summed E-state index contributed by atoms with van der Waals surface area (Å²) in [6.07, 6.45) is 7.44. The van der Waals surface area contributed by atoms with Crippen LogP contribution in [0.15, 0.2) is 12.2 Å². The van der Waals surface area contributed by atoms with Gasteiger partial charge in [0.05, 0.1) is 12.2 Å². The number of methoxy groups -OCH3 is 2. The molecule has 0 heterocycles. The van der Waals surface area contributed by atoms with Crippen LogP contribution in [-0.4, -0.2) is 26.4 Å². The van der Waals surface area contributed by atoms with Gasteiger partial charge < -0.3 is 9.47 Å². The Morgan fingerprint density at radius 3 is 2.25 bits per heavy atom. The van der Waals surface area contributed by atoms with E-state index in [1.807, 2.05) is 26.0 Å². The molecule has 2 unspecified atom stereocenters. The monoisotopic (exact) mass is 171 g/mol. The molecule has 0 spiro atoms. The maximum absolute atomic E-state index is 5.21. The maximum Gasteiger partial charge on any atom is 0.0755 e. The van der Waals surface area contributed by atoms with Gasteiger partial charge in [-0.15, -0.1) is 0 Å². The summed E-state index contributed by atoms with van der Waals surface area (Å²) in [5.41, 5.74) is 0. The zero-order valence-corrected chi connectivity index (χ0v) is 8.41. The number of ether oxygens (including phenoxy) is 2. The van der Waals surface area contributed by atoms with Gasteiger partial charge in [-0.05, 0) is 19.8 Å². The van der Waals surface area contributed by atoms with Crippen molar-refractivity contribution >= 4 is 0 Å². The first kappa shape index (κ1) is 11.7. The Morgan fingerprint density at radius 1 is 1.17 bits per heavy atom. The molecule has 0 saturated carbocycles. The highest BCUT2D eigenvalue weighted by atomic mass is 16.5. The van der Waals surface area contributed by atoms with Gasteiger partial charge in [-0.2, -0.15) is 0 Å². The zero-order valence-electron chi connectivity index (χ0n) is 8.41. The normalized spacial score (nSPS) is 16.7. The summed E-state index contributed by atoms with van der Waals surface area (Å²) in [5, 5.41) is 0. The molecule has 1 radical (unpaired) electrons. The van der Waals surface area contributed by atoms with E-state index >= 15 is 0 Å². The molecular weight excluding hydrogens is 152 g/mol. The molecule has 0 aromatic carbocycles. The largest absolute Gasteiger partial charge is 0.378 e. The molecule has 0 aromatic heterocycles. The number of rotatable bonds is 6. The Bertz CT molecular complexity index is 121. The van der Waals surface area contributed by atoms with Crippen LogP contribution in [-0.2, 0) is 9.47 Å². The van der Waals surface area contributed by atoms with Crippen molar-refractivity contribution in [1.29, 1.82) is 0 Å². The van der Waals surface area contributed by atoms with Crippen LogP contribution in [0, 0.1) is 6.42 Å². The Morgan fingerprint density at radius 2 is 1.83 bits per heavy atom. The summed E-state index contributed by atoms with van der Waals surface area (Å²) in [7, 11) is 3.42. The molecule has 2 atom stereocenters. The second kappa shape index (κ2) is 7.32. The van der Waals surface area contributed by atoms with Gasteiger partial charge in [-0.25, -0.2) is 0 Å². The molecule has 2 heteroatoms. The summed E-state index contributed by atoms with van der Waals surface area (Å²) in [6, 6.07) is 0. The molecule has 0 rings (SSSR count). The van der Waals surface area contributed by atoms with E-state index in [9.17, 15) is 0 Å². The van der Waals surface area contributed by atoms with Crippen molar-refractivity contribution in [2.24, 2.45) is 0 Å². The minimum Gasteiger partial charge on any atom is -0.378 e. The summed E-state index contributed by atoms with van der Waals surface area (Å²) in [5.74, 6) is 0. The molecule has 0 saturated heterocycles. The third-order valence-corrected chi connectivity index (χ3v) is 1.74. The summed E-state index contributed by atoms with van der Waals surface area (Å²) in [4.78, 5) is 0. The molecule has 0 N–H and O–H groups in total. The third kappa shape index (κ3) is 5.33. The molecule has 0 aliphatic rings. The first-order valence-electron chi connectivity index (χ1n) is 4.26. The SMILES string of the molecule is C[CH]CC(C=CC(C)OC)OC. The van der Waals surface area contributed by atoms with Gasteiger partial charge in [0.1, 0.15) is 0 Å². The predicted octanol–water partition coefficient (Wildman–Crippen LogP) is 2.21. The van der Waals surface area contributed by atoms with E-state index in [0.29, 0.717) is 0 Å². The quantitative estimate of drug-likeness (QED) is 0.570. The second-order valence-corrected chi connectivity index (χ2v) is 2.74. The summed E-state index contributed by atoms with van der Waals surface area (Å²) < 4.78 is 10.3. The van der Waals surface area contributed by atoms with Crippen molar-refractivity contribution in [3.05, 3.63) is 18.6 Å². The zero-order chi connectivity index (χ0) is 9.40. The van der Waals surface area contributed by atoms with Crippen molar-refractivity contribution in [3.63, 3.8) is 0 Å². The van der Waals surface area contributed by atoms with Crippen LogP contribution in [0.2, 0.25) is 0 Å². The van der Waals surface area contributed by atoms with E-state index in [1.54, 1.807) is 14.2 Å². The Kier molecular flexibility index (Phi) is 7.11. The lowest BCUT2D eigenvalue weighted by atomic mass is 10.2. The van der Waals surface area contributed by atoms with Crippen molar-refractivity contribution in [2.75, 3.05) is 14.2 Å². The van der Waals surface area contributed by atoms with Gasteiger partial charge in [-0.3, -0.25) is 0 Å². The van der Waals surface area contributed by atoms with Gasteiger partial charge in [-0.1, -0.05) is 19.1 Å². The number of hydrogen-bond acceptors (Lipinski definition) is 2. The van der Waals surface area contributed by atoms with E-state index in [0.717, 1.165) is 6.42 Å². The van der Waals surface area contributed by atoms with Crippen molar-refractivity contribution in [2.45, 2.75) is 32.5 Å². The lowest BCUT2D eigenvalue weighted by molar-refractivity contribution is 0.133. The fourth-order valence-electron chi connectivity index (χ4n) is 0.845. The minimum atomic E-state index is 0.166. The molecule has 0 bridgehead atoms. The highest BCUT2D eigenvalue weighted by Gasteiger charge is 2.00. The van der Waals surface area contributed by atoms with Crippen molar-refractivity contribution in [3.8, 4) is 0 Å². The summed E-state index contributed by atoms with van der Waals surface area (Å²) >= 11 is 0. The minimum absolute atomic E-state index is 0.166. The van der Waals surface area contributed by atoms with E-state index in [4.69, 9.17) is 9.47 Å². The molecule has 12 heavy (non-hydrogen) atoms. The molecule has 0 aliphatic heterocycles. The highest BCUT2D eigenvalue weighted by Crippen LogP contribution is 2.03. The van der Waals surface area contributed by atoms with Crippen LogP contribution in [0.25, 0.3) is 0 Å². The average Bonchev–Trinajstić information content (AvgIpc) is 2.11. The third-order valence-electron chi connectivity index (χ3n) is 1.74. The molecule has 0 amide bonds. The van der Waals surface area contributed by atoms with Gasteiger partial charge in [0.2, 0.25) is 0 Å². The Hall–Kier alpha value is -0.340. The van der Waals surface area contributed by atoms with Crippen LogP contribution >= 0.6 is 0 Å². The first-order chi connectivity index (χ1) is 5.74. The fourth-order valence-corrected chi connectivity index (χ4v) is 0.845. The molecule has 0 aliphatic carbocycles. The predicted molar refractivity (Wildman–Crippen MR) is 51.0 cm³/mol. The van der Waals surface area contributed by atoms with Gasteiger partial charge in [0.25, 0.3) is 0 Å². The van der Waals surface area contributed by atoms with E-state index in [-0.39, 0.29) is 12.2 Å². The Balaban J connectivity index is 3.74. The average molecular weight is 171 g/mol. The van der Waals surface area contributed by atoms with E-state index < -0.39 is 0 Å². The van der Waals surface area contributed by atoms with Crippen LogP contribution in [0.1, 0.15) is 20.3 Å². The molecular formula is C10H19O2. The Labute approximate surface area is 75.6 Å². The molecule has 2 nitrogen and oxygen atoms in total. The topological polar surface area (TPSA) is 18.5 Å². The van der Waals surface area contributed by atoms with Gasteiger partial charge in [0.15, 0.2) is 0 Å². The maximum atomic E-state index is 5.21. The van der Waals surface area contributed by atoms with Crippen LogP contribution < -0.4 is 0 Å². The molecule has 71 valence electrons. The standard InChI is InChI=1S/C10H19O2/c1-5-6-10(12-4)8-7-9(2)11-3/h5,7-10H,6H2,1-4H3. The number of hydrogen-bond donors (Lipinski definition) is 0. The van der Waals surface area contributed by atoms with Crippen molar-refractivity contribution < 1.29 is 9.47 Å². The van der Waals surface area contributed by atoms with Crippen molar-refractivity contribution in [1.82, 2.24) is 0 Å². The van der Waals surface area contributed by atoms with Crippen LogP contribution in [0.4, 0.5) is 0 Å².